The van der Waals surface area contributed by atoms with Crippen molar-refractivity contribution in [3.05, 3.63) is 69.3 Å². The number of carbonyl (C=O) groups is 2. The van der Waals surface area contributed by atoms with Gasteiger partial charge in [-0.15, -0.1) is 0 Å². The van der Waals surface area contributed by atoms with Crippen LogP contribution in [0.4, 0.5) is 11.4 Å². The van der Waals surface area contributed by atoms with E-state index in [1.54, 1.807) is 12.1 Å². The first-order valence-corrected chi connectivity index (χ1v) is 9.76. The van der Waals surface area contributed by atoms with Gasteiger partial charge in [0.15, 0.2) is 12.4 Å². The Kier molecular flexibility index (Phi) is 8.96. The fourth-order valence-corrected chi connectivity index (χ4v) is 2.79. The van der Waals surface area contributed by atoms with Gasteiger partial charge in [-0.3, -0.25) is 14.9 Å². The number of ether oxygens (including phenoxy) is 2. The average Bonchev–Trinajstić information content (AvgIpc) is 2.76. The minimum atomic E-state index is -0.813. The second kappa shape index (κ2) is 11.7. The van der Waals surface area contributed by atoms with Crippen LogP contribution in [0.2, 0.25) is 0 Å². The predicted molar refractivity (Wildman–Crippen MR) is 113 cm³/mol. The minimum Gasteiger partial charge on any atom is -0.454 e. The van der Waals surface area contributed by atoms with E-state index in [1.165, 1.54) is 19.2 Å². The van der Waals surface area contributed by atoms with E-state index >= 15 is 0 Å². The van der Waals surface area contributed by atoms with Crippen LogP contribution in [0.25, 0.3) is 0 Å². The molecule has 0 fully saturated rings. The summed E-state index contributed by atoms with van der Waals surface area (Å²) in [5.41, 5.74) is 1.71. The van der Waals surface area contributed by atoms with Gasteiger partial charge in [0.25, 0.3) is 5.69 Å². The summed E-state index contributed by atoms with van der Waals surface area (Å²) in [7, 11) is 1.54. The Hall–Kier alpha value is -3.26. The number of aryl methyl sites for hydroxylation is 1. The first-order chi connectivity index (χ1) is 14.5. The largest absolute Gasteiger partial charge is 0.454 e. The van der Waals surface area contributed by atoms with Crippen molar-refractivity contribution in [1.82, 2.24) is 0 Å². The van der Waals surface area contributed by atoms with Crippen LogP contribution in [0.5, 0.6) is 0 Å². The molecule has 0 saturated heterocycles. The first-order valence-electron chi connectivity index (χ1n) is 9.76. The number of carbonyl (C=O) groups excluding carboxylic acids is 2. The maximum Gasteiger partial charge on any atom is 0.340 e. The molecule has 0 saturated carbocycles. The van der Waals surface area contributed by atoms with Crippen molar-refractivity contribution in [3.8, 4) is 0 Å². The van der Waals surface area contributed by atoms with Gasteiger partial charge >= 0.3 is 5.97 Å². The Labute approximate surface area is 175 Å². The van der Waals surface area contributed by atoms with Crippen LogP contribution in [0.1, 0.15) is 46.0 Å². The third-order valence-electron chi connectivity index (χ3n) is 4.48. The highest BCUT2D eigenvalue weighted by Crippen LogP contribution is 2.23. The molecule has 2 rings (SSSR count). The van der Waals surface area contributed by atoms with Crippen molar-refractivity contribution >= 4 is 23.1 Å². The number of rotatable bonds is 12. The van der Waals surface area contributed by atoms with Crippen LogP contribution in [-0.4, -0.2) is 43.5 Å². The summed E-state index contributed by atoms with van der Waals surface area (Å²) in [6, 6.07) is 11.1. The number of nitro groups is 1. The lowest BCUT2D eigenvalue weighted by Crippen LogP contribution is -2.17. The average molecular weight is 414 g/mol. The lowest BCUT2D eigenvalue weighted by atomic mass is 10.0. The molecule has 2 aromatic rings. The molecule has 0 heterocycles. The third-order valence-corrected chi connectivity index (χ3v) is 4.48. The number of benzene rings is 2. The van der Waals surface area contributed by atoms with E-state index < -0.39 is 17.5 Å². The van der Waals surface area contributed by atoms with E-state index in [4.69, 9.17) is 9.47 Å². The van der Waals surface area contributed by atoms with Crippen molar-refractivity contribution < 1.29 is 24.0 Å². The Balaban J connectivity index is 2.05. The van der Waals surface area contributed by atoms with Crippen LogP contribution in [0, 0.1) is 10.1 Å². The zero-order valence-electron chi connectivity index (χ0n) is 17.2. The molecule has 30 heavy (non-hydrogen) atoms. The third kappa shape index (κ3) is 6.66. The number of nitrogens with zero attached hydrogens (tertiary/aromatic N) is 1. The lowest BCUT2D eigenvalue weighted by Gasteiger charge is -2.11. The van der Waals surface area contributed by atoms with E-state index in [1.807, 2.05) is 12.1 Å². The molecule has 160 valence electrons. The maximum atomic E-state index is 12.5. The SMILES string of the molecule is CCCCc1ccc(C(=O)COC(=O)c2cc([N+](=O)[O-])ccc2NCCOC)cc1. The number of Topliss-reactive ketones (excluding diaryl/α,β-unsaturated/α-hetero) is 1. The molecule has 0 radical (unpaired) electrons. The van der Waals surface area contributed by atoms with Gasteiger partial charge in [0, 0.05) is 37.0 Å². The number of hydrogen-bond acceptors (Lipinski definition) is 7. The van der Waals surface area contributed by atoms with Crippen LogP contribution >= 0.6 is 0 Å². The molecular weight excluding hydrogens is 388 g/mol. The number of ketones is 1. The lowest BCUT2D eigenvalue weighted by molar-refractivity contribution is -0.384. The molecule has 0 atom stereocenters. The Morgan fingerprint density at radius 2 is 1.87 bits per heavy atom. The quantitative estimate of drug-likeness (QED) is 0.184. The van der Waals surface area contributed by atoms with Gasteiger partial charge in [-0.05, 0) is 24.5 Å². The Morgan fingerprint density at radius 1 is 1.13 bits per heavy atom. The summed E-state index contributed by atoms with van der Waals surface area (Å²) in [4.78, 5) is 35.3. The standard InChI is InChI=1S/C22H26N2O6/c1-3-4-5-16-6-8-17(9-7-16)21(25)15-30-22(26)19-14-18(24(27)28)10-11-20(19)23-12-13-29-2/h6-11,14,23H,3-5,12-13,15H2,1-2H3. The minimum absolute atomic E-state index is 0.0111. The van der Waals surface area contributed by atoms with E-state index in [2.05, 4.69) is 12.2 Å². The smallest absolute Gasteiger partial charge is 0.340 e. The highest BCUT2D eigenvalue weighted by atomic mass is 16.6. The molecule has 0 aromatic heterocycles. The highest BCUT2D eigenvalue weighted by molar-refractivity contribution is 6.01. The van der Waals surface area contributed by atoms with Crippen LogP contribution in [0.15, 0.2) is 42.5 Å². The van der Waals surface area contributed by atoms with Gasteiger partial charge in [-0.1, -0.05) is 37.6 Å². The fraction of sp³-hybridized carbons (Fsp3) is 0.364. The van der Waals surface area contributed by atoms with Gasteiger partial charge in [-0.25, -0.2) is 4.79 Å². The molecule has 0 amide bonds. The van der Waals surface area contributed by atoms with E-state index in [0.29, 0.717) is 24.4 Å². The molecule has 0 unspecified atom stereocenters. The zero-order valence-corrected chi connectivity index (χ0v) is 17.2. The number of unbranched alkanes of at least 4 members (excludes halogenated alkanes) is 1. The normalized spacial score (nSPS) is 10.5. The van der Waals surface area contributed by atoms with E-state index in [9.17, 15) is 19.7 Å². The second-order valence-electron chi connectivity index (χ2n) is 6.71. The topological polar surface area (TPSA) is 108 Å². The van der Waals surface area contributed by atoms with Crippen molar-refractivity contribution in [2.75, 3.05) is 32.2 Å². The summed E-state index contributed by atoms with van der Waals surface area (Å²) >= 11 is 0. The molecule has 0 aliphatic rings. The Morgan fingerprint density at radius 3 is 2.50 bits per heavy atom. The monoisotopic (exact) mass is 414 g/mol. The molecule has 2 aromatic carbocycles. The van der Waals surface area contributed by atoms with Crippen molar-refractivity contribution in [1.29, 1.82) is 0 Å². The number of esters is 1. The molecule has 0 aliphatic heterocycles. The van der Waals surface area contributed by atoms with Crippen molar-refractivity contribution in [2.45, 2.75) is 26.2 Å². The zero-order chi connectivity index (χ0) is 21.9. The molecule has 1 N–H and O–H groups in total. The molecule has 0 bridgehead atoms. The van der Waals surface area contributed by atoms with Gasteiger partial charge in [0.05, 0.1) is 17.1 Å². The number of nitro benzene ring substituents is 1. The van der Waals surface area contributed by atoms with Crippen molar-refractivity contribution in [3.63, 3.8) is 0 Å². The highest BCUT2D eigenvalue weighted by Gasteiger charge is 2.19. The van der Waals surface area contributed by atoms with Crippen LogP contribution < -0.4 is 5.32 Å². The number of hydrogen-bond donors (Lipinski definition) is 1. The Bertz CT molecular complexity index is 880. The van der Waals surface area contributed by atoms with Gasteiger partial charge in [0.2, 0.25) is 0 Å². The van der Waals surface area contributed by atoms with E-state index in [0.717, 1.165) is 30.9 Å². The van der Waals surface area contributed by atoms with Crippen LogP contribution in [0.3, 0.4) is 0 Å². The summed E-state index contributed by atoms with van der Waals surface area (Å²) in [5.74, 6) is -1.16. The first kappa shape index (κ1) is 23.0. The van der Waals surface area contributed by atoms with Gasteiger partial charge in [0.1, 0.15) is 0 Å². The summed E-state index contributed by atoms with van der Waals surface area (Å²) < 4.78 is 10.1. The van der Waals surface area contributed by atoms with E-state index in [-0.39, 0.29) is 17.0 Å². The van der Waals surface area contributed by atoms with Gasteiger partial charge in [-0.2, -0.15) is 0 Å². The van der Waals surface area contributed by atoms with Crippen LogP contribution in [-0.2, 0) is 15.9 Å². The predicted octanol–water partition coefficient (Wildman–Crippen LogP) is 4.04. The van der Waals surface area contributed by atoms with Crippen molar-refractivity contribution in [2.24, 2.45) is 0 Å². The molecule has 0 spiro atoms. The summed E-state index contributed by atoms with van der Waals surface area (Å²) in [6.07, 6.45) is 3.12. The number of nitrogens with one attached hydrogen (secondary N) is 1. The molecular formula is C22H26N2O6. The molecule has 8 heteroatoms. The molecule has 0 aliphatic carbocycles. The number of methoxy groups -OCH3 is 1. The number of non-ortho nitro benzene ring substituents is 1. The molecule has 8 nitrogen and oxygen atoms in total. The van der Waals surface area contributed by atoms with Gasteiger partial charge < -0.3 is 14.8 Å². The summed E-state index contributed by atoms with van der Waals surface area (Å²) in [5, 5.41) is 14.0. The fourth-order valence-electron chi connectivity index (χ4n) is 2.79. The maximum absolute atomic E-state index is 12.5. The summed E-state index contributed by atoms with van der Waals surface area (Å²) in [6.45, 7) is 2.45. The second-order valence-corrected chi connectivity index (χ2v) is 6.71. The number of anilines is 1.